The molecule has 23 heavy (non-hydrogen) atoms. The van der Waals surface area contributed by atoms with Crippen molar-refractivity contribution in [1.82, 2.24) is 5.32 Å². The number of ether oxygens (including phenoxy) is 2. The van der Waals surface area contributed by atoms with Crippen LogP contribution in [0.25, 0.3) is 10.8 Å². The molecule has 0 aliphatic heterocycles. The van der Waals surface area contributed by atoms with Gasteiger partial charge in [0.1, 0.15) is 11.5 Å². The van der Waals surface area contributed by atoms with E-state index < -0.39 is 6.09 Å². The van der Waals surface area contributed by atoms with E-state index >= 15 is 0 Å². The van der Waals surface area contributed by atoms with E-state index in [0.29, 0.717) is 12.3 Å². The summed E-state index contributed by atoms with van der Waals surface area (Å²) in [7, 11) is 1.61. The highest BCUT2D eigenvalue weighted by molar-refractivity contribution is 5.84. The van der Waals surface area contributed by atoms with Crippen LogP contribution in [0, 0.1) is 0 Å². The van der Waals surface area contributed by atoms with Crippen molar-refractivity contribution in [3.63, 3.8) is 0 Å². The van der Waals surface area contributed by atoms with Crippen LogP contribution in [-0.4, -0.2) is 13.2 Å². The third-order valence-electron chi connectivity index (χ3n) is 3.50. The molecule has 4 nitrogen and oxygen atoms in total. The Morgan fingerprint density at radius 2 is 1.74 bits per heavy atom. The van der Waals surface area contributed by atoms with E-state index in [1.165, 1.54) is 0 Å². The Morgan fingerprint density at radius 1 is 0.913 bits per heavy atom. The van der Waals surface area contributed by atoms with Crippen LogP contribution >= 0.6 is 0 Å². The van der Waals surface area contributed by atoms with Gasteiger partial charge in [0, 0.05) is 6.54 Å². The maximum absolute atomic E-state index is 11.9. The first-order valence-corrected chi connectivity index (χ1v) is 7.32. The summed E-state index contributed by atoms with van der Waals surface area (Å²) < 4.78 is 10.5. The molecule has 0 aliphatic carbocycles. The smallest absolute Gasteiger partial charge is 0.412 e. The normalized spacial score (nSPS) is 10.3. The Hall–Kier alpha value is -3.01. The summed E-state index contributed by atoms with van der Waals surface area (Å²) in [6.45, 7) is 0.379. The monoisotopic (exact) mass is 307 g/mol. The van der Waals surface area contributed by atoms with Gasteiger partial charge >= 0.3 is 6.09 Å². The number of hydrogen-bond acceptors (Lipinski definition) is 3. The van der Waals surface area contributed by atoms with Crippen LogP contribution in [0.2, 0.25) is 0 Å². The van der Waals surface area contributed by atoms with E-state index in [1.807, 2.05) is 60.7 Å². The average molecular weight is 307 g/mol. The zero-order valence-electron chi connectivity index (χ0n) is 12.8. The average Bonchev–Trinajstić information content (AvgIpc) is 2.60. The third kappa shape index (κ3) is 3.80. The summed E-state index contributed by atoms with van der Waals surface area (Å²) in [6, 6.07) is 21.0. The van der Waals surface area contributed by atoms with Crippen molar-refractivity contribution >= 4 is 16.9 Å². The quantitative estimate of drug-likeness (QED) is 0.788. The predicted molar refractivity (Wildman–Crippen MR) is 89.8 cm³/mol. The molecule has 0 radical (unpaired) electrons. The van der Waals surface area contributed by atoms with Gasteiger partial charge in [-0.05, 0) is 40.6 Å². The van der Waals surface area contributed by atoms with Gasteiger partial charge in [0.15, 0.2) is 0 Å². The van der Waals surface area contributed by atoms with E-state index in [-0.39, 0.29) is 0 Å². The lowest BCUT2D eigenvalue weighted by atomic mass is 10.1. The first-order valence-electron chi connectivity index (χ1n) is 7.32. The Morgan fingerprint density at radius 3 is 2.57 bits per heavy atom. The minimum atomic E-state index is -0.483. The number of nitrogens with one attached hydrogen (secondary N) is 1. The van der Waals surface area contributed by atoms with Gasteiger partial charge in [-0.2, -0.15) is 0 Å². The number of rotatable bonds is 4. The molecule has 0 atom stereocenters. The summed E-state index contributed by atoms with van der Waals surface area (Å²) in [6.07, 6.45) is -0.483. The lowest BCUT2D eigenvalue weighted by Crippen LogP contribution is -2.26. The van der Waals surface area contributed by atoms with Gasteiger partial charge in [0.25, 0.3) is 0 Å². The van der Waals surface area contributed by atoms with Gasteiger partial charge in [-0.1, -0.05) is 42.5 Å². The standard InChI is InChI=1S/C19H17NO3/c1-22-17-8-4-5-14(11-17)13-20-19(21)23-18-10-9-15-6-2-3-7-16(15)12-18/h2-12H,13H2,1H3,(H,20,21). The highest BCUT2D eigenvalue weighted by atomic mass is 16.6. The SMILES string of the molecule is COc1cccc(CNC(=O)Oc2ccc3ccccc3c2)c1. The molecule has 1 N–H and O–H groups in total. The Kier molecular flexibility index (Phi) is 4.43. The number of amides is 1. The van der Waals surface area contributed by atoms with Gasteiger partial charge < -0.3 is 14.8 Å². The van der Waals surface area contributed by atoms with Crippen molar-refractivity contribution in [1.29, 1.82) is 0 Å². The number of carbonyl (C=O) groups is 1. The molecule has 0 bridgehead atoms. The molecule has 0 heterocycles. The van der Waals surface area contributed by atoms with Crippen molar-refractivity contribution in [2.45, 2.75) is 6.54 Å². The van der Waals surface area contributed by atoms with E-state index in [1.54, 1.807) is 13.2 Å². The minimum absolute atomic E-state index is 0.379. The summed E-state index contributed by atoms with van der Waals surface area (Å²) in [5, 5.41) is 4.87. The first-order chi connectivity index (χ1) is 11.2. The van der Waals surface area contributed by atoms with E-state index in [4.69, 9.17) is 9.47 Å². The molecule has 0 aliphatic rings. The fourth-order valence-corrected chi connectivity index (χ4v) is 2.33. The molecule has 0 unspecified atom stereocenters. The van der Waals surface area contributed by atoms with E-state index in [0.717, 1.165) is 22.1 Å². The zero-order valence-corrected chi connectivity index (χ0v) is 12.8. The zero-order chi connectivity index (χ0) is 16.1. The molecular formula is C19H17NO3. The van der Waals surface area contributed by atoms with E-state index in [2.05, 4.69) is 5.32 Å². The highest BCUT2D eigenvalue weighted by Crippen LogP contribution is 2.20. The van der Waals surface area contributed by atoms with Crippen molar-refractivity contribution in [2.75, 3.05) is 7.11 Å². The van der Waals surface area contributed by atoms with Crippen molar-refractivity contribution in [3.05, 3.63) is 72.3 Å². The van der Waals surface area contributed by atoms with Gasteiger partial charge in [-0.25, -0.2) is 4.79 Å². The van der Waals surface area contributed by atoms with Crippen LogP contribution in [-0.2, 0) is 6.54 Å². The molecule has 0 aromatic heterocycles. The second-order valence-electron chi connectivity index (χ2n) is 5.10. The maximum Gasteiger partial charge on any atom is 0.412 e. The second kappa shape index (κ2) is 6.83. The topological polar surface area (TPSA) is 47.6 Å². The largest absolute Gasteiger partial charge is 0.497 e. The molecule has 3 aromatic rings. The Bertz CT molecular complexity index is 829. The summed E-state index contributed by atoms with van der Waals surface area (Å²) >= 11 is 0. The van der Waals surface area contributed by atoms with Crippen LogP contribution in [0.15, 0.2) is 66.7 Å². The number of methoxy groups -OCH3 is 1. The van der Waals surface area contributed by atoms with Crippen LogP contribution in [0.1, 0.15) is 5.56 Å². The molecule has 0 saturated carbocycles. The van der Waals surface area contributed by atoms with Crippen molar-refractivity contribution in [3.8, 4) is 11.5 Å². The number of fused-ring (bicyclic) bond motifs is 1. The van der Waals surface area contributed by atoms with Gasteiger partial charge in [0.05, 0.1) is 7.11 Å². The fraction of sp³-hybridized carbons (Fsp3) is 0.105. The van der Waals surface area contributed by atoms with E-state index in [9.17, 15) is 4.79 Å². The molecular weight excluding hydrogens is 290 g/mol. The molecule has 116 valence electrons. The lowest BCUT2D eigenvalue weighted by molar-refractivity contribution is 0.200. The molecule has 3 rings (SSSR count). The van der Waals surface area contributed by atoms with Gasteiger partial charge in [0.2, 0.25) is 0 Å². The Balaban J connectivity index is 1.61. The van der Waals surface area contributed by atoms with Crippen LogP contribution in [0.4, 0.5) is 4.79 Å². The second-order valence-corrected chi connectivity index (χ2v) is 5.10. The van der Waals surface area contributed by atoms with Gasteiger partial charge in [-0.3, -0.25) is 0 Å². The number of carbonyl (C=O) groups excluding carboxylic acids is 1. The molecule has 0 saturated heterocycles. The van der Waals surface area contributed by atoms with Crippen molar-refractivity contribution < 1.29 is 14.3 Å². The summed E-state index contributed by atoms with van der Waals surface area (Å²) in [5.41, 5.74) is 0.944. The van der Waals surface area contributed by atoms with Crippen LogP contribution in [0.5, 0.6) is 11.5 Å². The Labute approximate surface area is 134 Å². The molecule has 3 aromatic carbocycles. The first kappa shape index (κ1) is 14.9. The molecule has 0 fully saturated rings. The number of hydrogen-bond donors (Lipinski definition) is 1. The predicted octanol–water partition coefficient (Wildman–Crippen LogP) is 4.14. The molecule has 1 amide bonds. The molecule has 4 heteroatoms. The third-order valence-corrected chi connectivity index (χ3v) is 3.50. The van der Waals surface area contributed by atoms with Gasteiger partial charge in [-0.15, -0.1) is 0 Å². The maximum atomic E-state index is 11.9. The summed E-state index contributed by atoms with van der Waals surface area (Å²) in [5.74, 6) is 1.28. The van der Waals surface area contributed by atoms with Crippen molar-refractivity contribution in [2.24, 2.45) is 0 Å². The highest BCUT2D eigenvalue weighted by Gasteiger charge is 2.05. The fourth-order valence-electron chi connectivity index (χ4n) is 2.33. The van der Waals surface area contributed by atoms with Crippen LogP contribution in [0.3, 0.4) is 0 Å². The minimum Gasteiger partial charge on any atom is -0.497 e. The lowest BCUT2D eigenvalue weighted by Gasteiger charge is -2.08. The van der Waals surface area contributed by atoms with Crippen LogP contribution < -0.4 is 14.8 Å². The summed E-state index contributed by atoms with van der Waals surface area (Å²) in [4.78, 5) is 11.9. The molecule has 0 spiro atoms. The number of benzene rings is 3.